The molecular formula is C13H12ClN3S. The summed E-state index contributed by atoms with van der Waals surface area (Å²) in [6, 6.07) is 7.33. The van der Waals surface area contributed by atoms with Crippen LogP contribution in [-0.4, -0.2) is 9.97 Å². The van der Waals surface area contributed by atoms with Crippen LogP contribution < -0.4 is 11.1 Å². The number of halogens is 1. The number of aromatic nitrogens is 1. The van der Waals surface area contributed by atoms with E-state index in [0.717, 1.165) is 22.5 Å². The number of pyridine rings is 1. The Balaban J connectivity index is 2.39. The maximum atomic E-state index is 5.98. The van der Waals surface area contributed by atoms with Crippen LogP contribution in [0.3, 0.4) is 0 Å². The Labute approximate surface area is 116 Å². The highest BCUT2D eigenvalue weighted by Gasteiger charge is 2.06. The van der Waals surface area contributed by atoms with Crippen molar-refractivity contribution in [2.45, 2.75) is 6.92 Å². The molecule has 0 unspecified atom stereocenters. The van der Waals surface area contributed by atoms with Crippen LogP contribution in [0.25, 0.3) is 0 Å². The van der Waals surface area contributed by atoms with Gasteiger partial charge in [-0.2, -0.15) is 0 Å². The van der Waals surface area contributed by atoms with E-state index in [1.54, 1.807) is 30.6 Å². The van der Waals surface area contributed by atoms with Gasteiger partial charge in [0.2, 0.25) is 0 Å². The highest BCUT2D eigenvalue weighted by molar-refractivity contribution is 7.80. The lowest BCUT2D eigenvalue weighted by Crippen LogP contribution is -2.11. The van der Waals surface area contributed by atoms with Crippen LogP contribution in [-0.2, 0) is 0 Å². The van der Waals surface area contributed by atoms with E-state index in [1.807, 2.05) is 13.0 Å². The second-order valence-electron chi connectivity index (χ2n) is 3.93. The molecular weight excluding hydrogens is 266 g/mol. The van der Waals surface area contributed by atoms with Crippen LogP contribution in [0.4, 0.5) is 11.4 Å². The Bertz CT molecular complexity index is 599. The molecule has 3 N–H and O–H groups in total. The van der Waals surface area contributed by atoms with E-state index in [9.17, 15) is 0 Å². The summed E-state index contributed by atoms with van der Waals surface area (Å²) in [6.45, 7) is 1.98. The largest absolute Gasteiger partial charge is 0.389 e. The Morgan fingerprint density at radius 1 is 1.33 bits per heavy atom. The van der Waals surface area contributed by atoms with Crippen LogP contribution in [0.5, 0.6) is 0 Å². The number of hydrogen-bond donors (Lipinski definition) is 2. The van der Waals surface area contributed by atoms with E-state index in [2.05, 4.69) is 10.3 Å². The fourth-order valence-electron chi connectivity index (χ4n) is 1.61. The van der Waals surface area contributed by atoms with Crippen molar-refractivity contribution in [2.24, 2.45) is 5.73 Å². The molecule has 92 valence electrons. The van der Waals surface area contributed by atoms with Crippen molar-refractivity contribution >= 4 is 40.2 Å². The van der Waals surface area contributed by atoms with Gasteiger partial charge >= 0.3 is 0 Å². The molecule has 0 amide bonds. The molecule has 0 fully saturated rings. The summed E-state index contributed by atoms with van der Waals surface area (Å²) in [5.74, 6) is 0. The van der Waals surface area contributed by atoms with Gasteiger partial charge in [0.1, 0.15) is 4.99 Å². The lowest BCUT2D eigenvalue weighted by molar-refractivity contribution is 1.26. The summed E-state index contributed by atoms with van der Waals surface area (Å²) in [4.78, 5) is 4.45. The predicted octanol–water partition coefficient (Wildman–Crippen LogP) is 3.42. The van der Waals surface area contributed by atoms with E-state index in [0.29, 0.717) is 10.0 Å². The predicted molar refractivity (Wildman–Crippen MR) is 79.6 cm³/mol. The second-order valence-corrected chi connectivity index (χ2v) is 4.81. The molecule has 1 aromatic heterocycles. The third-order valence-corrected chi connectivity index (χ3v) is 2.86. The monoisotopic (exact) mass is 277 g/mol. The minimum Gasteiger partial charge on any atom is -0.389 e. The van der Waals surface area contributed by atoms with Crippen LogP contribution in [0, 0.1) is 6.92 Å². The summed E-state index contributed by atoms with van der Waals surface area (Å²) in [5.41, 5.74) is 9.16. The van der Waals surface area contributed by atoms with Gasteiger partial charge in [-0.05, 0) is 36.8 Å². The summed E-state index contributed by atoms with van der Waals surface area (Å²) >= 11 is 11.0. The molecule has 0 aliphatic heterocycles. The molecule has 0 aliphatic carbocycles. The van der Waals surface area contributed by atoms with Crippen molar-refractivity contribution in [2.75, 3.05) is 5.32 Å². The average molecular weight is 278 g/mol. The minimum absolute atomic E-state index is 0.328. The van der Waals surface area contributed by atoms with Crippen LogP contribution in [0.2, 0.25) is 5.02 Å². The molecule has 1 aromatic carbocycles. The quantitative estimate of drug-likeness (QED) is 0.844. The van der Waals surface area contributed by atoms with Crippen molar-refractivity contribution in [3.05, 3.63) is 52.8 Å². The van der Waals surface area contributed by atoms with Crippen LogP contribution in [0.15, 0.2) is 36.7 Å². The van der Waals surface area contributed by atoms with Crippen molar-refractivity contribution in [3.8, 4) is 0 Å². The average Bonchev–Trinajstić information content (AvgIpc) is 2.28. The standard InChI is InChI=1S/C13H12ClN3S/c1-8-4-10(7-16-6-8)17-12-5-9(14)2-3-11(12)13(15)18/h2-7,17H,1H3,(H2,15,18). The highest BCUT2D eigenvalue weighted by atomic mass is 35.5. The normalized spacial score (nSPS) is 10.1. The molecule has 3 nitrogen and oxygen atoms in total. The van der Waals surface area contributed by atoms with Gasteiger partial charge in [-0.15, -0.1) is 0 Å². The summed E-state index contributed by atoms with van der Waals surface area (Å²) in [5, 5.41) is 3.84. The molecule has 0 aliphatic rings. The third-order valence-electron chi connectivity index (χ3n) is 2.40. The van der Waals surface area contributed by atoms with Gasteiger partial charge in [-0.3, -0.25) is 4.98 Å². The molecule has 2 rings (SSSR count). The maximum absolute atomic E-state index is 5.98. The van der Waals surface area contributed by atoms with Crippen molar-refractivity contribution in [1.29, 1.82) is 0 Å². The number of aryl methyl sites for hydroxylation is 1. The molecule has 18 heavy (non-hydrogen) atoms. The zero-order valence-electron chi connectivity index (χ0n) is 9.77. The SMILES string of the molecule is Cc1cncc(Nc2cc(Cl)ccc2C(N)=S)c1. The first-order chi connectivity index (χ1) is 8.56. The molecule has 5 heteroatoms. The third kappa shape index (κ3) is 2.97. The molecule has 0 radical (unpaired) electrons. The number of rotatable bonds is 3. The zero-order chi connectivity index (χ0) is 13.1. The topological polar surface area (TPSA) is 50.9 Å². The molecule has 0 spiro atoms. The number of nitrogens with zero attached hydrogens (tertiary/aromatic N) is 1. The van der Waals surface area contributed by atoms with Gasteiger partial charge in [0.05, 0.1) is 17.6 Å². The molecule has 0 atom stereocenters. The van der Waals surface area contributed by atoms with E-state index >= 15 is 0 Å². The molecule has 1 heterocycles. The van der Waals surface area contributed by atoms with E-state index in [4.69, 9.17) is 29.6 Å². The lowest BCUT2D eigenvalue weighted by atomic mass is 10.1. The Kier molecular flexibility index (Phi) is 3.79. The number of anilines is 2. The van der Waals surface area contributed by atoms with E-state index in [-0.39, 0.29) is 0 Å². The lowest BCUT2D eigenvalue weighted by Gasteiger charge is -2.11. The molecule has 0 saturated heterocycles. The van der Waals surface area contributed by atoms with Gasteiger partial charge < -0.3 is 11.1 Å². The smallest absolute Gasteiger partial charge is 0.106 e. The summed E-state index contributed by atoms with van der Waals surface area (Å²) < 4.78 is 0. The summed E-state index contributed by atoms with van der Waals surface area (Å²) in [7, 11) is 0. The zero-order valence-corrected chi connectivity index (χ0v) is 11.3. The van der Waals surface area contributed by atoms with Gasteiger partial charge in [0.15, 0.2) is 0 Å². The highest BCUT2D eigenvalue weighted by Crippen LogP contribution is 2.24. The number of hydrogen-bond acceptors (Lipinski definition) is 3. The number of nitrogens with two attached hydrogens (primary N) is 1. The van der Waals surface area contributed by atoms with Crippen LogP contribution in [0.1, 0.15) is 11.1 Å². The first-order valence-electron chi connectivity index (χ1n) is 5.34. The maximum Gasteiger partial charge on any atom is 0.106 e. The second kappa shape index (κ2) is 5.33. The van der Waals surface area contributed by atoms with Gasteiger partial charge in [-0.1, -0.05) is 23.8 Å². The van der Waals surface area contributed by atoms with Crippen molar-refractivity contribution in [1.82, 2.24) is 4.98 Å². The first-order valence-corrected chi connectivity index (χ1v) is 6.13. The molecule has 0 saturated carbocycles. The first kappa shape index (κ1) is 12.8. The van der Waals surface area contributed by atoms with Crippen molar-refractivity contribution in [3.63, 3.8) is 0 Å². The number of nitrogens with one attached hydrogen (secondary N) is 1. The van der Waals surface area contributed by atoms with E-state index < -0.39 is 0 Å². The number of thiocarbonyl (C=S) groups is 1. The minimum atomic E-state index is 0.328. The van der Waals surface area contributed by atoms with Gasteiger partial charge in [-0.25, -0.2) is 0 Å². The van der Waals surface area contributed by atoms with Gasteiger partial charge in [0.25, 0.3) is 0 Å². The van der Waals surface area contributed by atoms with Gasteiger partial charge in [0, 0.05) is 16.8 Å². The molecule has 0 bridgehead atoms. The summed E-state index contributed by atoms with van der Waals surface area (Å²) in [6.07, 6.45) is 3.52. The fraction of sp³-hybridized carbons (Fsp3) is 0.0769. The Morgan fingerprint density at radius 2 is 2.11 bits per heavy atom. The Hall–Kier alpha value is -1.65. The molecule has 2 aromatic rings. The van der Waals surface area contributed by atoms with E-state index in [1.165, 1.54) is 0 Å². The van der Waals surface area contributed by atoms with Crippen molar-refractivity contribution < 1.29 is 0 Å². The fourth-order valence-corrected chi connectivity index (χ4v) is 1.96. The number of benzene rings is 1. The van der Waals surface area contributed by atoms with Crippen LogP contribution >= 0.6 is 23.8 Å². The Morgan fingerprint density at radius 3 is 2.78 bits per heavy atom.